The zero-order valence-electron chi connectivity index (χ0n) is 14.0. The van der Waals surface area contributed by atoms with Gasteiger partial charge in [0.1, 0.15) is 0 Å². The molecule has 0 bridgehead atoms. The molecule has 0 fully saturated rings. The Labute approximate surface area is 145 Å². The first-order chi connectivity index (χ1) is 12.1. The molecule has 25 heavy (non-hydrogen) atoms. The number of rotatable bonds is 5. The van der Waals surface area contributed by atoms with Crippen molar-refractivity contribution in [2.45, 2.75) is 32.0 Å². The van der Waals surface area contributed by atoms with E-state index in [1.54, 1.807) is 19.1 Å². The minimum Gasteiger partial charge on any atom is -0.491 e. The molecular weight excluding hydrogens is 323 g/mol. The summed E-state index contributed by atoms with van der Waals surface area (Å²) < 4.78 is 19.0. The van der Waals surface area contributed by atoms with Crippen molar-refractivity contribution in [2.24, 2.45) is 0 Å². The summed E-state index contributed by atoms with van der Waals surface area (Å²) in [5.74, 6) is -0.261. The lowest BCUT2D eigenvalue weighted by atomic mass is 10.1. The van der Waals surface area contributed by atoms with E-state index < -0.39 is 24.0 Å². The summed E-state index contributed by atoms with van der Waals surface area (Å²) in [5, 5.41) is 15.6. The van der Waals surface area contributed by atoms with Gasteiger partial charge in [0.05, 0.1) is 18.8 Å². The van der Waals surface area contributed by atoms with Gasteiger partial charge in [-0.05, 0) is 35.7 Å². The second-order valence-electron chi connectivity index (χ2n) is 5.97. The number of hydrogen-bond acceptors (Lipinski definition) is 3. The van der Waals surface area contributed by atoms with Crippen molar-refractivity contribution in [1.29, 1.82) is 0 Å². The minimum absolute atomic E-state index is 0.180. The molecule has 132 valence electrons. The van der Waals surface area contributed by atoms with E-state index in [2.05, 4.69) is 10.6 Å². The van der Waals surface area contributed by atoms with Gasteiger partial charge in [-0.2, -0.15) is 0 Å². The molecule has 3 rings (SSSR count). The number of aliphatic hydroxyl groups is 1. The van der Waals surface area contributed by atoms with Crippen LogP contribution in [0.3, 0.4) is 0 Å². The number of halogens is 1. The van der Waals surface area contributed by atoms with Crippen LogP contribution in [0.15, 0.2) is 42.5 Å². The Morgan fingerprint density at radius 1 is 1.32 bits per heavy atom. The Balaban J connectivity index is 1.58. The van der Waals surface area contributed by atoms with Gasteiger partial charge in [-0.25, -0.2) is 9.18 Å². The third kappa shape index (κ3) is 3.91. The van der Waals surface area contributed by atoms with Crippen LogP contribution < -0.4 is 15.4 Å². The van der Waals surface area contributed by atoms with E-state index >= 15 is 0 Å². The highest BCUT2D eigenvalue weighted by atomic mass is 19.1. The van der Waals surface area contributed by atoms with Crippen molar-refractivity contribution in [3.8, 4) is 5.75 Å². The molecule has 0 saturated heterocycles. The largest absolute Gasteiger partial charge is 0.491 e. The van der Waals surface area contributed by atoms with Crippen LogP contribution >= 0.6 is 0 Å². The van der Waals surface area contributed by atoms with Gasteiger partial charge in [-0.3, -0.25) is 0 Å². The molecule has 0 aliphatic heterocycles. The third-order valence-corrected chi connectivity index (χ3v) is 4.24. The molecule has 1 aliphatic rings. The van der Waals surface area contributed by atoms with Gasteiger partial charge < -0.3 is 20.5 Å². The number of carbonyl (C=O) groups is 1. The fourth-order valence-corrected chi connectivity index (χ4v) is 3.05. The third-order valence-electron chi connectivity index (χ3n) is 4.24. The predicted molar refractivity (Wildman–Crippen MR) is 91.8 cm³/mol. The van der Waals surface area contributed by atoms with Crippen molar-refractivity contribution in [1.82, 2.24) is 10.6 Å². The number of amides is 2. The Hall–Kier alpha value is -2.60. The molecule has 0 spiro atoms. The molecule has 5 nitrogen and oxygen atoms in total. The zero-order valence-corrected chi connectivity index (χ0v) is 14.0. The van der Waals surface area contributed by atoms with Crippen LogP contribution in [0.2, 0.25) is 0 Å². The molecule has 2 amide bonds. The van der Waals surface area contributed by atoms with Crippen LogP contribution in [-0.4, -0.2) is 23.8 Å². The molecule has 0 radical (unpaired) electrons. The summed E-state index contributed by atoms with van der Waals surface area (Å²) in [6.45, 7) is 2.36. The SMILES string of the molecule is CCOc1ccc(CNC(=O)N[C@@H]2c3ccccc3C[C@@H]2O)cc1F. The minimum atomic E-state index is -0.647. The highest BCUT2D eigenvalue weighted by Crippen LogP contribution is 2.31. The first kappa shape index (κ1) is 17.2. The Kier molecular flexibility index (Phi) is 5.19. The van der Waals surface area contributed by atoms with E-state index in [9.17, 15) is 14.3 Å². The topological polar surface area (TPSA) is 70.6 Å². The standard InChI is InChI=1S/C19H21FN2O3/c1-2-25-17-8-7-12(9-15(17)20)11-21-19(24)22-18-14-6-4-3-5-13(14)10-16(18)23/h3-9,16,18,23H,2,10-11H2,1H3,(H2,21,22,24)/t16-,18+/m0/s1. The Bertz CT molecular complexity index is 766. The smallest absolute Gasteiger partial charge is 0.315 e. The predicted octanol–water partition coefficient (Wildman–Crippen LogP) is 2.68. The molecule has 6 heteroatoms. The highest BCUT2D eigenvalue weighted by Gasteiger charge is 2.31. The number of fused-ring (bicyclic) bond motifs is 1. The van der Waals surface area contributed by atoms with Gasteiger partial charge in [-0.15, -0.1) is 0 Å². The maximum absolute atomic E-state index is 13.8. The van der Waals surface area contributed by atoms with Gasteiger partial charge in [0, 0.05) is 13.0 Å². The Morgan fingerprint density at radius 3 is 2.88 bits per heavy atom. The first-order valence-electron chi connectivity index (χ1n) is 8.30. The number of ether oxygens (including phenoxy) is 1. The van der Waals surface area contributed by atoms with Crippen molar-refractivity contribution in [2.75, 3.05) is 6.61 Å². The maximum Gasteiger partial charge on any atom is 0.315 e. The summed E-state index contributed by atoms with van der Waals surface area (Å²) in [4.78, 5) is 12.1. The van der Waals surface area contributed by atoms with E-state index in [0.717, 1.165) is 11.1 Å². The Morgan fingerprint density at radius 2 is 2.12 bits per heavy atom. The average molecular weight is 344 g/mol. The lowest BCUT2D eigenvalue weighted by Crippen LogP contribution is -2.40. The second kappa shape index (κ2) is 7.53. The van der Waals surface area contributed by atoms with Crippen LogP contribution in [0.4, 0.5) is 9.18 Å². The molecule has 3 N–H and O–H groups in total. The molecule has 2 atom stereocenters. The maximum atomic E-state index is 13.8. The number of aliphatic hydroxyl groups excluding tert-OH is 1. The molecule has 0 saturated carbocycles. The van der Waals surface area contributed by atoms with Gasteiger partial charge in [0.15, 0.2) is 11.6 Å². The second-order valence-corrected chi connectivity index (χ2v) is 5.97. The molecule has 0 aromatic heterocycles. The van der Waals surface area contributed by atoms with E-state index in [4.69, 9.17) is 4.74 Å². The van der Waals surface area contributed by atoms with Gasteiger partial charge >= 0.3 is 6.03 Å². The summed E-state index contributed by atoms with van der Waals surface area (Å²) in [5.41, 5.74) is 2.59. The number of hydrogen-bond donors (Lipinski definition) is 3. The van der Waals surface area contributed by atoms with E-state index in [1.807, 2.05) is 24.3 Å². The monoisotopic (exact) mass is 344 g/mol. The number of nitrogens with one attached hydrogen (secondary N) is 2. The van der Waals surface area contributed by atoms with Crippen molar-refractivity contribution in [3.63, 3.8) is 0 Å². The van der Waals surface area contributed by atoms with E-state index in [-0.39, 0.29) is 12.3 Å². The first-order valence-corrected chi connectivity index (χ1v) is 8.30. The summed E-state index contributed by atoms with van der Waals surface area (Å²) in [7, 11) is 0. The quantitative estimate of drug-likeness (QED) is 0.781. The van der Waals surface area contributed by atoms with Crippen LogP contribution in [0.5, 0.6) is 5.75 Å². The van der Waals surface area contributed by atoms with Crippen molar-refractivity contribution in [3.05, 3.63) is 65.0 Å². The van der Waals surface area contributed by atoms with E-state index in [0.29, 0.717) is 18.6 Å². The normalized spacial score (nSPS) is 18.5. The molecule has 0 unspecified atom stereocenters. The van der Waals surface area contributed by atoms with Crippen molar-refractivity contribution < 1.29 is 19.0 Å². The number of urea groups is 1. The van der Waals surface area contributed by atoms with Crippen molar-refractivity contribution >= 4 is 6.03 Å². The fraction of sp³-hybridized carbons (Fsp3) is 0.316. The molecule has 1 aliphatic carbocycles. The molecule has 2 aromatic carbocycles. The zero-order chi connectivity index (χ0) is 17.8. The lowest BCUT2D eigenvalue weighted by Gasteiger charge is -2.18. The highest BCUT2D eigenvalue weighted by molar-refractivity contribution is 5.74. The van der Waals surface area contributed by atoms with Crippen LogP contribution in [0.1, 0.15) is 29.7 Å². The van der Waals surface area contributed by atoms with Gasteiger partial charge in [0.25, 0.3) is 0 Å². The summed E-state index contributed by atoms with van der Waals surface area (Å²) in [6.07, 6.45) is -0.128. The van der Waals surface area contributed by atoms with Crippen LogP contribution in [0.25, 0.3) is 0 Å². The average Bonchev–Trinajstić information content (AvgIpc) is 2.91. The molecule has 2 aromatic rings. The van der Waals surface area contributed by atoms with Crippen LogP contribution in [0, 0.1) is 5.82 Å². The molecular formula is C19H21FN2O3. The lowest BCUT2D eigenvalue weighted by molar-refractivity contribution is 0.142. The number of benzene rings is 2. The summed E-state index contributed by atoms with van der Waals surface area (Å²) in [6, 6.07) is 11.4. The van der Waals surface area contributed by atoms with Crippen LogP contribution in [-0.2, 0) is 13.0 Å². The van der Waals surface area contributed by atoms with Gasteiger partial charge in [-0.1, -0.05) is 30.3 Å². The van der Waals surface area contributed by atoms with Gasteiger partial charge in [0.2, 0.25) is 0 Å². The number of carbonyl (C=O) groups excluding carboxylic acids is 1. The fourth-order valence-electron chi connectivity index (χ4n) is 3.05. The van der Waals surface area contributed by atoms with E-state index in [1.165, 1.54) is 6.07 Å². The summed E-state index contributed by atoms with van der Waals surface area (Å²) >= 11 is 0. The molecule has 0 heterocycles.